The molecule has 88 valence electrons. The Kier molecular flexibility index (Phi) is 3.79. The van der Waals surface area contributed by atoms with Crippen LogP contribution in [0, 0.1) is 0 Å². The van der Waals surface area contributed by atoms with Gasteiger partial charge in [0.05, 0.1) is 12.6 Å². The predicted molar refractivity (Wildman–Crippen MR) is 63.4 cm³/mol. The highest BCUT2D eigenvalue weighted by Gasteiger charge is 2.20. The number of likely N-dealkylation sites (tertiary alicyclic amines) is 1. The van der Waals surface area contributed by atoms with E-state index in [1.807, 2.05) is 17.5 Å². The summed E-state index contributed by atoms with van der Waals surface area (Å²) in [5.74, 6) is 0. The van der Waals surface area contributed by atoms with E-state index in [-0.39, 0.29) is 12.1 Å². The summed E-state index contributed by atoms with van der Waals surface area (Å²) in [6.45, 7) is 1.89. The topological polar surface area (TPSA) is 52.6 Å². The Morgan fingerprint density at radius 2 is 2.31 bits per heavy atom. The Hall–Kier alpha value is -1.07. The SMILES string of the molecule is O=C(NCc1cccs1)N1CCC(O)CC1. The first-order valence-corrected chi connectivity index (χ1v) is 6.37. The van der Waals surface area contributed by atoms with Crippen LogP contribution in [0.3, 0.4) is 0 Å². The van der Waals surface area contributed by atoms with Crippen molar-refractivity contribution in [2.45, 2.75) is 25.5 Å². The van der Waals surface area contributed by atoms with Gasteiger partial charge in [-0.2, -0.15) is 0 Å². The number of carbonyl (C=O) groups is 1. The summed E-state index contributed by atoms with van der Waals surface area (Å²) in [7, 11) is 0. The predicted octanol–water partition coefficient (Wildman–Crippen LogP) is 1.41. The Morgan fingerprint density at radius 1 is 1.56 bits per heavy atom. The van der Waals surface area contributed by atoms with E-state index in [2.05, 4.69) is 5.32 Å². The average Bonchev–Trinajstić information content (AvgIpc) is 2.80. The summed E-state index contributed by atoms with van der Waals surface area (Å²) in [4.78, 5) is 14.7. The molecule has 1 saturated heterocycles. The minimum absolute atomic E-state index is 0.0275. The monoisotopic (exact) mass is 240 g/mol. The zero-order valence-electron chi connectivity index (χ0n) is 9.06. The maximum absolute atomic E-state index is 11.7. The van der Waals surface area contributed by atoms with Gasteiger partial charge in [0.1, 0.15) is 0 Å². The van der Waals surface area contributed by atoms with Gasteiger partial charge in [0.2, 0.25) is 0 Å². The van der Waals surface area contributed by atoms with E-state index in [1.165, 1.54) is 0 Å². The van der Waals surface area contributed by atoms with Crippen molar-refractivity contribution in [3.8, 4) is 0 Å². The molecule has 0 saturated carbocycles. The van der Waals surface area contributed by atoms with Crippen LogP contribution < -0.4 is 5.32 Å². The van der Waals surface area contributed by atoms with E-state index in [0.29, 0.717) is 32.5 Å². The summed E-state index contributed by atoms with van der Waals surface area (Å²) in [6.07, 6.45) is 1.14. The summed E-state index contributed by atoms with van der Waals surface area (Å²) >= 11 is 1.64. The highest BCUT2D eigenvalue weighted by atomic mass is 32.1. The van der Waals surface area contributed by atoms with Gasteiger partial charge in [0.15, 0.2) is 0 Å². The molecule has 1 fully saturated rings. The molecule has 0 atom stereocenters. The molecular weight excluding hydrogens is 224 g/mol. The first kappa shape index (κ1) is 11.4. The zero-order valence-corrected chi connectivity index (χ0v) is 9.87. The molecule has 1 aliphatic heterocycles. The molecule has 0 aromatic carbocycles. The van der Waals surface area contributed by atoms with E-state index >= 15 is 0 Å². The first-order chi connectivity index (χ1) is 7.75. The van der Waals surface area contributed by atoms with Crippen molar-refractivity contribution in [2.75, 3.05) is 13.1 Å². The quantitative estimate of drug-likeness (QED) is 0.821. The van der Waals surface area contributed by atoms with Crippen LogP contribution in [0.1, 0.15) is 17.7 Å². The number of rotatable bonds is 2. The van der Waals surface area contributed by atoms with Crippen LogP contribution in [-0.4, -0.2) is 35.2 Å². The van der Waals surface area contributed by atoms with Gasteiger partial charge in [-0.1, -0.05) is 6.07 Å². The number of urea groups is 1. The van der Waals surface area contributed by atoms with Crippen LogP contribution in [0.25, 0.3) is 0 Å². The molecule has 0 radical (unpaired) electrons. The van der Waals surface area contributed by atoms with Gasteiger partial charge in [-0.15, -0.1) is 11.3 Å². The highest BCUT2D eigenvalue weighted by molar-refractivity contribution is 7.09. The number of piperidine rings is 1. The standard InChI is InChI=1S/C11H16N2O2S/c14-9-3-5-13(6-4-9)11(15)12-8-10-2-1-7-16-10/h1-2,7,9,14H,3-6,8H2,(H,12,15). The molecule has 2 rings (SSSR count). The molecule has 1 aromatic rings. The second kappa shape index (κ2) is 5.32. The van der Waals surface area contributed by atoms with Crippen LogP contribution in [0.4, 0.5) is 4.79 Å². The van der Waals surface area contributed by atoms with Crippen molar-refractivity contribution in [3.05, 3.63) is 22.4 Å². The van der Waals surface area contributed by atoms with Crippen LogP contribution in [0.2, 0.25) is 0 Å². The lowest BCUT2D eigenvalue weighted by molar-refractivity contribution is 0.0936. The molecule has 2 amide bonds. The molecule has 16 heavy (non-hydrogen) atoms. The van der Waals surface area contributed by atoms with E-state index in [4.69, 9.17) is 0 Å². The Labute approximate surface area is 98.9 Å². The number of hydrogen-bond acceptors (Lipinski definition) is 3. The van der Waals surface area contributed by atoms with E-state index in [0.717, 1.165) is 4.88 Å². The van der Waals surface area contributed by atoms with Crippen molar-refractivity contribution >= 4 is 17.4 Å². The largest absolute Gasteiger partial charge is 0.393 e. The number of amides is 2. The normalized spacial score (nSPS) is 17.4. The van der Waals surface area contributed by atoms with E-state index in [9.17, 15) is 9.90 Å². The summed E-state index contributed by atoms with van der Waals surface area (Å²) in [5.41, 5.74) is 0. The molecule has 2 heterocycles. The minimum atomic E-state index is -0.235. The first-order valence-electron chi connectivity index (χ1n) is 5.49. The summed E-state index contributed by atoms with van der Waals surface area (Å²) < 4.78 is 0. The number of aliphatic hydroxyl groups is 1. The molecular formula is C11H16N2O2S. The zero-order chi connectivity index (χ0) is 11.4. The van der Waals surface area contributed by atoms with Gasteiger partial charge >= 0.3 is 6.03 Å². The molecule has 0 unspecified atom stereocenters. The fourth-order valence-corrected chi connectivity index (χ4v) is 2.40. The number of nitrogens with one attached hydrogen (secondary N) is 1. The lowest BCUT2D eigenvalue weighted by atomic mass is 10.1. The van der Waals surface area contributed by atoms with Crippen molar-refractivity contribution in [1.82, 2.24) is 10.2 Å². The van der Waals surface area contributed by atoms with Gasteiger partial charge < -0.3 is 15.3 Å². The molecule has 1 aromatic heterocycles. The Bertz CT molecular complexity index is 332. The van der Waals surface area contributed by atoms with Crippen LogP contribution >= 0.6 is 11.3 Å². The molecule has 0 aliphatic carbocycles. The van der Waals surface area contributed by atoms with Gasteiger partial charge in [-0.05, 0) is 24.3 Å². The third kappa shape index (κ3) is 2.96. The third-order valence-electron chi connectivity index (χ3n) is 2.75. The summed E-state index contributed by atoms with van der Waals surface area (Å²) in [5, 5.41) is 14.2. The van der Waals surface area contributed by atoms with Gasteiger partial charge in [0, 0.05) is 18.0 Å². The van der Waals surface area contributed by atoms with E-state index < -0.39 is 0 Å². The fraction of sp³-hybridized carbons (Fsp3) is 0.545. The number of hydrogen-bond donors (Lipinski definition) is 2. The Morgan fingerprint density at radius 3 is 2.94 bits per heavy atom. The van der Waals surface area contributed by atoms with Crippen molar-refractivity contribution in [1.29, 1.82) is 0 Å². The fourth-order valence-electron chi connectivity index (χ4n) is 1.76. The van der Waals surface area contributed by atoms with Crippen LogP contribution in [-0.2, 0) is 6.54 Å². The van der Waals surface area contributed by atoms with Crippen molar-refractivity contribution in [2.24, 2.45) is 0 Å². The average molecular weight is 240 g/mol. The Balaban J connectivity index is 1.75. The minimum Gasteiger partial charge on any atom is -0.393 e. The molecule has 0 bridgehead atoms. The lowest BCUT2D eigenvalue weighted by Gasteiger charge is -2.29. The lowest BCUT2D eigenvalue weighted by Crippen LogP contribution is -2.45. The highest BCUT2D eigenvalue weighted by Crippen LogP contribution is 2.11. The van der Waals surface area contributed by atoms with Gasteiger partial charge in [-0.25, -0.2) is 4.79 Å². The number of thiophene rings is 1. The number of carbonyl (C=O) groups excluding carboxylic acids is 1. The third-order valence-corrected chi connectivity index (χ3v) is 3.62. The van der Waals surface area contributed by atoms with Crippen LogP contribution in [0.5, 0.6) is 0 Å². The molecule has 1 aliphatic rings. The molecule has 4 nitrogen and oxygen atoms in total. The second-order valence-corrected chi connectivity index (χ2v) is 4.99. The molecule has 0 spiro atoms. The smallest absolute Gasteiger partial charge is 0.317 e. The maximum atomic E-state index is 11.7. The van der Waals surface area contributed by atoms with Crippen molar-refractivity contribution in [3.63, 3.8) is 0 Å². The van der Waals surface area contributed by atoms with Crippen molar-refractivity contribution < 1.29 is 9.90 Å². The van der Waals surface area contributed by atoms with E-state index in [1.54, 1.807) is 16.2 Å². The number of nitrogens with zero attached hydrogens (tertiary/aromatic N) is 1. The number of aliphatic hydroxyl groups excluding tert-OH is 1. The van der Waals surface area contributed by atoms with Crippen LogP contribution in [0.15, 0.2) is 17.5 Å². The van der Waals surface area contributed by atoms with Gasteiger partial charge in [0.25, 0.3) is 0 Å². The van der Waals surface area contributed by atoms with Gasteiger partial charge in [-0.3, -0.25) is 0 Å². The maximum Gasteiger partial charge on any atom is 0.317 e. The second-order valence-electron chi connectivity index (χ2n) is 3.96. The molecule has 2 N–H and O–H groups in total. The summed E-state index contributed by atoms with van der Waals surface area (Å²) in [6, 6.07) is 3.95. The molecule has 5 heteroatoms.